The van der Waals surface area contributed by atoms with Gasteiger partial charge in [-0.25, -0.2) is 0 Å². The minimum atomic E-state index is -1.58. The monoisotopic (exact) mass is 1050 g/mol. The molecule has 0 bridgehead atoms. The van der Waals surface area contributed by atoms with Gasteiger partial charge in [-0.15, -0.1) is 0 Å². The molecule has 6 N–H and O–H groups in total. The Hall–Kier alpha value is -2.38. The topological polar surface area (TPSA) is 175 Å². The van der Waals surface area contributed by atoms with E-state index in [4.69, 9.17) is 14.2 Å². The maximum absolute atomic E-state index is 13.0. The van der Waals surface area contributed by atoms with E-state index in [-0.39, 0.29) is 18.5 Å². The second-order valence-corrected chi connectivity index (χ2v) is 21.4. The molecule has 0 aliphatic carbocycles. The predicted molar refractivity (Wildman–Crippen MR) is 306 cm³/mol. The maximum atomic E-state index is 13.0. The lowest BCUT2D eigenvalue weighted by atomic mass is 9.99. The highest BCUT2D eigenvalue weighted by Crippen LogP contribution is 2.23. The molecule has 1 amide bonds. The number of unbranched alkanes of at least 4 members (excludes halogenated alkanes) is 34. The molecule has 1 rings (SSSR count). The lowest BCUT2D eigenvalue weighted by Crippen LogP contribution is -2.60. The predicted octanol–water partition coefficient (Wildman–Crippen LogP) is 14.5. The smallest absolute Gasteiger partial charge is 0.305 e. The molecule has 7 unspecified atom stereocenters. The van der Waals surface area contributed by atoms with Crippen LogP contribution in [0.3, 0.4) is 0 Å². The van der Waals surface area contributed by atoms with Gasteiger partial charge in [0.15, 0.2) is 6.29 Å². The lowest BCUT2D eigenvalue weighted by molar-refractivity contribution is -0.302. The summed E-state index contributed by atoms with van der Waals surface area (Å²) in [5.41, 5.74) is 0. The number of nitrogens with one attached hydrogen (secondary N) is 1. The van der Waals surface area contributed by atoms with Crippen molar-refractivity contribution in [2.75, 3.05) is 19.8 Å². The van der Waals surface area contributed by atoms with E-state index in [2.05, 4.69) is 55.6 Å². The average molecular weight is 1050 g/mol. The molecular formula is C63H115NO10. The van der Waals surface area contributed by atoms with Crippen LogP contribution in [0.15, 0.2) is 48.6 Å². The van der Waals surface area contributed by atoms with Crippen LogP contribution in [0.4, 0.5) is 0 Å². The summed E-state index contributed by atoms with van der Waals surface area (Å²) < 4.78 is 16.7. The van der Waals surface area contributed by atoms with Gasteiger partial charge in [-0.05, 0) is 77.0 Å². The lowest BCUT2D eigenvalue weighted by Gasteiger charge is -2.40. The molecule has 11 heteroatoms. The number of rotatable bonds is 53. The van der Waals surface area contributed by atoms with Crippen molar-refractivity contribution in [2.45, 2.75) is 320 Å². The molecule has 1 aliphatic rings. The summed E-state index contributed by atoms with van der Waals surface area (Å²) in [6.45, 7) is 4.23. The van der Waals surface area contributed by atoms with Gasteiger partial charge in [0.1, 0.15) is 24.4 Å². The molecule has 74 heavy (non-hydrogen) atoms. The van der Waals surface area contributed by atoms with Crippen molar-refractivity contribution in [3.63, 3.8) is 0 Å². The Morgan fingerprint density at radius 3 is 1.45 bits per heavy atom. The highest BCUT2D eigenvalue weighted by atomic mass is 16.7. The van der Waals surface area contributed by atoms with Crippen LogP contribution in [0.1, 0.15) is 277 Å². The largest absolute Gasteiger partial charge is 0.466 e. The second-order valence-electron chi connectivity index (χ2n) is 21.4. The first-order valence-electron chi connectivity index (χ1n) is 30.9. The zero-order chi connectivity index (χ0) is 53.8. The number of amides is 1. The van der Waals surface area contributed by atoms with Crippen molar-refractivity contribution in [3.05, 3.63) is 48.6 Å². The first-order valence-corrected chi connectivity index (χ1v) is 30.9. The molecule has 0 spiro atoms. The average Bonchev–Trinajstić information content (AvgIpc) is 3.40. The van der Waals surface area contributed by atoms with Gasteiger partial charge in [-0.2, -0.15) is 0 Å². The number of esters is 1. The van der Waals surface area contributed by atoms with E-state index in [1.165, 1.54) is 161 Å². The highest BCUT2D eigenvalue weighted by molar-refractivity contribution is 5.76. The summed E-state index contributed by atoms with van der Waals surface area (Å²) in [5.74, 6) is -0.230. The summed E-state index contributed by atoms with van der Waals surface area (Å²) in [6, 6.07) is -0.834. The molecule has 0 aromatic rings. The Bertz CT molecular complexity index is 1370. The minimum Gasteiger partial charge on any atom is -0.466 e. The van der Waals surface area contributed by atoms with E-state index in [9.17, 15) is 35.1 Å². The normalized spacial score (nSPS) is 19.1. The number of aliphatic hydroxyl groups excluding tert-OH is 5. The van der Waals surface area contributed by atoms with Gasteiger partial charge >= 0.3 is 5.97 Å². The maximum Gasteiger partial charge on any atom is 0.305 e. The van der Waals surface area contributed by atoms with Crippen molar-refractivity contribution in [2.24, 2.45) is 0 Å². The summed E-state index contributed by atoms with van der Waals surface area (Å²) in [7, 11) is 0. The number of carbonyl (C=O) groups is 2. The molecule has 1 aliphatic heterocycles. The summed E-state index contributed by atoms with van der Waals surface area (Å²) in [5, 5.41) is 54.1. The van der Waals surface area contributed by atoms with Gasteiger partial charge in [0, 0.05) is 12.8 Å². The van der Waals surface area contributed by atoms with Crippen LogP contribution < -0.4 is 5.32 Å². The van der Waals surface area contributed by atoms with E-state index in [1.54, 1.807) is 6.08 Å². The standard InChI is InChI=1S/C63H115NO10/c1-3-5-7-9-11-13-14-15-16-17-22-25-28-31-35-39-43-47-51-59(68)72-52-48-44-40-36-32-29-26-23-20-18-19-21-24-27-30-34-38-42-46-50-58(67)64-55(56(66)49-45-41-37-33-12-10-8-6-4-2)54-73-63-62(71)61(70)60(69)57(53-65)74-63/h12,23,26,29,32-33,45,49,55-57,60-63,65-66,69-71H,3-11,13-22,24-25,27-28,30-31,34-44,46-48,50-54H2,1-2H3,(H,64,67)/b26-23-,32-29-,33-12+,49-45+. The minimum absolute atomic E-state index is 0.0249. The number of allylic oxidation sites excluding steroid dienone is 7. The third-order valence-corrected chi connectivity index (χ3v) is 14.4. The summed E-state index contributed by atoms with van der Waals surface area (Å²) in [6.07, 6.45) is 56.6. The number of aliphatic hydroxyl groups is 5. The van der Waals surface area contributed by atoms with Gasteiger partial charge in [0.25, 0.3) is 0 Å². The molecule has 432 valence electrons. The van der Waals surface area contributed by atoms with Crippen LogP contribution >= 0.6 is 0 Å². The van der Waals surface area contributed by atoms with E-state index < -0.39 is 49.5 Å². The molecule has 1 saturated heterocycles. The molecule has 0 radical (unpaired) electrons. The second kappa shape index (κ2) is 52.7. The molecule has 1 heterocycles. The summed E-state index contributed by atoms with van der Waals surface area (Å²) in [4.78, 5) is 25.1. The van der Waals surface area contributed by atoms with Crippen LogP contribution in [0.2, 0.25) is 0 Å². The van der Waals surface area contributed by atoms with Crippen LogP contribution in [-0.4, -0.2) is 100 Å². The van der Waals surface area contributed by atoms with Gasteiger partial charge in [-0.3, -0.25) is 9.59 Å². The van der Waals surface area contributed by atoms with Gasteiger partial charge in [-0.1, -0.05) is 236 Å². The molecule has 11 nitrogen and oxygen atoms in total. The SMILES string of the molecule is CCCCC/C=C/CC/C=C/C(O)C(COC1OC(CO)C(O)C(O)C1O)NC(=O)CCCCCCCCCCCC/C=C\C=C/CCCCCOC(=O)CCCCCCCCCCCCCCCCCCCC. The van der Waals surface area contributed by atoms with Crippen LogP contribution in [0, 0.1) is 0 Å². The van der Waals surface area contributed by atoms with Gasteiger partial charge in [0.05, 0.1) is 32.0 Å². The molecule has 1 fully saturated rings. The number of hydrogen-bond acceptors (Lipinski definition) is 10. The number of ether oxygens (including phenoxy) is 3. The van der Waals surface area contributed by atoms with Crippen molar-refractivity contribution >= 4 is 11.9 Å². The number of hydrogen-bond donors (Lipinski definition) is 6. The van der Waals surface area contributed by atoms with Gasteiger partial charge in [0.2, 0.25) is 5.91 Å². The third kappa shape index (κ3) is 41.7. The Kier molecular flexibility index (Phi) is 49.6. The van der Waals surface area contributed by atoms with E-state index in [0.717, 1.165) is 89.9 Å². The van der Waals surface area contributed by atoms with Crippen LogP contribution in [0.25, 0.3) is 0 Å². The molecule has 7 atom stereocenters. The highest BCUT2D eigenvalue weighted by Gasteiger charge is 2.44. The van der Waals surface area contributed by atoms with Crippen molar-refractivity contribution in [1.82, 2.24) is 5.32 Å². The number of carbonyl (C=O) groups excluding carboxylic acids is 2. The van der Waals surface area contributed by atoms with E-state index in [1.807, 2.05) is 6.08 Å². The zero-order valence-corrected chi connectivity index (χ0v) is 47.6. The fraction of sp³-hybridized carbons (Fsp3) is 0.841. The van der Waals surface area contributed by atoms with E-state index in [0.29, 0.717) is 19.4 Å². The van der Waals surface area contributed by atoms with Crippen LogP contribution in [0.5, 0.6) is 0 Å². The zero-order valence-electron chi connectivity index (χ0n) is 47.6. The fourth-order valence-corrected chi connectivity index (χ4v) is 9.50. The fourth-order valence-electron chi connectivity index (χ4n) is 9.50. The summed E-state index contributed by atoms with van der Waals surface area (Å²) >= 11 is 0. The van der Waals surface area contributed by atoms with Crippen molar-refractivity contribution < 1.29 is 49.3 Å². The quantitative estimate of drug-likeness (QED) is 0.0149. The first-order chi connectivity index (χ1) is 36.2. The Morgan fingerprint density at radius 2 is 0.919 bits per heavy atom. The van der Waals surface area contributed by atoms with E-state index >= 15 is 0 Å². The third-order valence-electron chi connectivity index (χ3n) is 14.4. The van der Waals surface area contributed by atoms with Crippen LogP contribution in [-0.2, 0) is 23.8 Å². The Labute approximate surface area is 453 Å². The Balaban J connectivity index is 2.02. The van der Waals surface area contributed by atoms with Crippen molar-refractivity contribution in [1.29, 1.82) is 0 Å². The van der Waals surface area contributed by atoms with Crippen molar-refractivity contribution in [3.8, 4) is 0 Å². The molecule has 0 aromatic carbocycles. The first kappa shape index (κ1) is 69.6. The molecule has 0 saturated carbocycles. The molecular weight excluding hydrogens is 931 g/mol. The molecule has 0 aromatic heterocycles. The van der Waals surface area contributed by atoms with Gasteiger partial charge < -0.3 is 45.1 Å². The Morgan fingerprint density at radius 1 is 0.500 bits per heavy atom.